The number of unbranched alkanes of at least 4 members (excludes halogenated alkanes) is 2. The smallest absolute Gasteiger partial charge is 0.250 e. The lowest BCUT2D eigenvalue weighted by molar-refractivity contribution is 0.546. The summed E-state index contributed by atoms with van der Waals surface area (Å²) in [7, 11) is 1.80. The Kier molecular flexibility index (Phi) is 11.6. The molecule has 0 aliphatic rings. The van der Waals surface area contributed by atoms with Crippen molar-refractivity contribution in [1.82, 2.24) is 15.2 Å². The molecule has 28 heavy (non-hydrogen) atoms. The first-order valence-corrected chi connectivity index (χ1v) is 9.83. The van der Waals surface area contributed by atoms with Gasteiger partial charge in [-0.3, -0.25) is 9.79 Å². The van der Waals surface area contributed by atoms with E-state index in [-0.39, 0.29) is 29.5 Å². The average Bonchev–Trinajstić information content (AvgIpc) is 2.68. The van der Waals surface area contributed by atoms with Crippen molar-refractivity contribution in [3.8, 4) is 0 Å². The lowest BCUT2D eigenvalue weighted by Gasteiger charge is -2.18. The third-order valence-electron chi connectivity index (χ3n) is 4.58. The number of aliphatic imine (C=N–C) groups is 1. The van der Waals surface area contributed by atoms with Crippen molar-refractivity contribution in [2.45, 2.75) is 58.7 Å². The van der Waals surface area contributed by atoms with Crippen molar-refractivity contribution in [2.24, 2.45) is 4.99 Å². The Morgan fingerprint density at radius 2 is 1.82 bits per heavy atom. The fourth-order valence-electron chi connectivity index (χ4n) is 2.94. The molecule has 6 heteroatoms. The molecule has 0 aliphatic heterocycles. The molecule has 1 unspecified atom stereocenters. The molecule has 2 N–H and O–H groups in total. The van der Waals surface area contributed by atoms with E-state index in [1.54, 1.807) is 23.7 Å². The van der Waals surface area contributed by atoms with E-state index in [2.05, 4.69) is 53.7 Å². The van der Waals surface area contributed by atoms with E-state index in [1.165, 1.54) is 24.8 Å². The Bertz CT molecular complexity index is 771. The molecule has 1 aromatic carbocycles. The molecule has 0 aliphatic carbocycles. The van der Waals surface area contributed by atoms with Crippen LogP contribution in [0.25, 0.3) is 0 Å². The van der Waals surface area contributed by atoms with Crippen LogP contribution in [0.3, 0.4) is 0 Å². The van der Waals surface area contributed by atoms with Crippen molar-refractivity contribution >= 4 is 29.9 Å². The van der Waals surface area contributed by atoms with Crippen molar-refractivity contribution in [3.63, 3.8) is 0 Å². The van der Waals surface area contributed by atoms with E-state index in [9.17, 15) is 4.79 Å². The molecular formula is C22H33IN4O. The van der Waals surface area contributed by atoms with Crippen molar-refractivity contribution in [2.75, 3.05) is 7.05 Å². The van der Waals surface area contributed by atoms with Crippen LogP contribution < -0.4 is 16.2 Å². The van der Waals surface area contributed by atoms with Crippen LogP contribution in [0.4, 0.5) is 0 Å². The lowest BCUT2D eigenvalue weighted by atomic mass is 10.1. The molecule has 0 bridgehead atoms. The molecule has 1 heterocycles. The monoisotopic (exact) mass is 496 g/mol. The van der Waals surface area contributed by atoms with Gasteiger partial charge in [0.25, 0.3) is 5.56 Å². The first-order chi connectivity index (χ1) is 13.1. The van der Waals surface area contributed by atoms with Gasteiger partial charge in [0, 0.05) is 31.9 Å². The second-order valence-corrected chi connectivity index (χ2v) is 6.95. The number of hydrogen-bond donors (Lipinski definition) is 2. The molecule has 154 valence electrons. The van der Waals surface area contributed by atoms with Gasteiger partial charge in [-0.05, 0) is 30.5 Å². The lowest BCUT2D eigenvalue weighted by Crippen LogP contribution is -2.41. The largest absolute Gasteiger partial charge is 0.354 e. The third kappa shape index (κ3) is 8.46. The molecule has 0 saturated carbocycles. The summed E-state index contributed by atoms with van der Waals surface area (Å²) in [6.07, 6.45) is 6.74. The molecule has 0 saturated heterocycles. The quantitative estimate of drug-likeness (QED) is 0.238. The van der Waals surface area contributed by atoms with E-state index in [0.29, 0.717) is 19.1 Å². The third-order valence-corrected chi connectivity index (χ3v) is 4.58. The standard InChI is InChI=1S/C22H32N4O.HI/c1-4-5-6-9-18(2)25-22(23-3)24-16-19-11-13-20(14-12-19)17-26-15-8-7-10-21(26)27;/h7-8,10-15,18H,4-6,9,16-17H2,1-3H3,(H2,23,24,25);1H. The highest BCUT2D eigenvalue weighted by molar-refractivity contribution is 14.0. The minimum absolute atomic E-state index is 0. The summed E-state index contributed by atoms with van der Waals surface area (Å²) in [5.41, 5.74) is 2.31. The van der Waals surface area contributed by atoms with Gasteiger partial charge in [0.05, 0.1) is 6.54 Å². The topological polar surface area (TPSA) is 58.4 Å². The van der Waals surface area contributed by atoms with E-state index >= 15 is 0 Å². The first kappa shape index (κ1) is 24.2. The van der Waals surface area contributed by atoms with Crippen LogP contribution in [0.15, 0.2) is 58.4 Å². The number of pyridine rings is 1. The molecule has 5 nitrogen and oxygen atoms in total. The SMILES string of the molecule is CCCCCC(C)NC(=NC)NCc1ccc(Cn2ccccc2=O)cc1.I. The van der Waals surface area contributed by atoms with Crippen LogP contribution >= 0.6 is 24.0 Å². The summed E-state index contributed by atoms with van der Waals surface area (Å²) in [4.78, 5) is 16.1. The summed E-state index contributed by atoms with van der Waals surface area (Å²) in [5, 5.41) is 6.82. The van der Waals surface area contributed by atoms with Crippen LogP contribution in [0.5, 0.6) is 0 Å². The molecule has 0 spiro atoms. The fraction of sp³-hybridized carbons (Fsp3) is 0.455. The Hall–Kier alpha value is -1.83. The summed E-state index contributed by atoms with van der Waals surface area (Å²) >= 11 is 0. The Morgan fingerprint density at radius 3 is 2.46 bits per heavy atom. The molecular weight excluding hydrogens is 463 g/mol. The van der Waals surface area contributed by atoms with Gasteiger partial charge < -0.3 is 15.2 Å². The minimum atomic E-state index is 0. The summed E-state index contributed by atoms with van der Waals surface area (Å²) in [6.45, 7) is 5.73. The number of benzene rings is 1. The van der Waals surface area contributed by atoms with Crippen LogP contribution in [0.1, 0.15) is 50.7 Å². The number of hydrogen-bond acceptors (Lipinski definition) is 2. The zero-order valence-electron chi connectivity index (χ0n) is 17.1. The van der Waals surface area contributed by atoms with Crippen molar-refractivity contribution in [1.29, 1.82) is 0 Å². The number of nitrogens with zero attached hydrogens (tertiary/aromatic N) is 2. The molecule has 2 aromatic rings. The van der Waals surface area contributed by atoms with Gasteiger partial charge in [0.2, 0.25) is 0 Å². The second-order valence-electron chi connectivity index (χ2n) is 6.95. The van der Waals surface area contributed by atoms with E-state index in [0.717, 1.165) is 17.9 Å². The zero-order valence-corrected chi connectivity index (χ0v) is 19.5. The normalized spacial score (nSPS) is 12.2. The number of halogens is 1. The maximum atomic E-state index is 11.8. The summed E-state index contributed by atoms with van der Waals surface area (Å²) < 4.78 is 1.71. The zero-order chi connectivity index (χ0) is 19.5. The van der Waals surface area contributed by atoms with Crippen molar-refractivity contribution in [3.05, 3.63) is 70.1 Å². The van der Waals surface area contributed by atoms with Crippen LogP contribution in [0, 0.1) is 0 Å². The number of rotatable bonds is 9. The summed E-state index contributed by atoms with van der Waals surface area (Å²) in [6, 6.07) is 14.0. The maximum Gasteiger partial charge on any atom is 0.250 e. The van der Waals surface area contributed by atoms with Gasteiger partial charge in [-0.2, -0.15) is 0 Å². The number of guanidine groups is 1. The van der Waals surface area contributed by atoms with E-state index < -0.39 is 0 Å². The first-order valence-electron chi connectivity index (χ1n) is 9.83. The maximum absolute atomic E-state index is 11.8. The molecule has 0 fully saturated rings. The molecule has 2 rings (SSSR count). The Labute approximate surface area is 185 Å². The highest BCUT2D eigenvalue weighted by Crippen LogP contribution is 2.06. The minimum Gasteiger partial charge on any atom is -0.354 e. The van der Waals surface area contributed by atoms with Gasteiger partial charge in [-0.15, -0.1) is 24.0 Å². The van der Waals surface area contributed by atoms with Gasteiger partial charge in [0.15, 0.2) is 5.96 Å². The Balaban J connectivity index is 0.00000392. The highest BCUT2D eigenvalue weighted by atomic mass is 127. The summed E-state index contributed by atoms with van der Waals surface area (Å²) in [5.74, 6) is 0.832. The van der Waals surface area contributed by atoms with Gasteiger partial charge in [0.1, 0.15) is 0 Å². The number of nitrogens with one attached hydrogen (secondary N) is 2. The Morgan fingerprint density at radius 1 is 1.11 bits per heavy atom. The predicted molar refractivity (Wildman–Crippen MR) is 129 cm³/mol. The van der Waals surface area contributed by atoms with Crippen molar-refractivity contribution < 1.29 is 0 Å². The second kappa shape index (κ2) is 13.4. The average molecular weight is 496 g/mol. The van der Waals surface area contributed by atoms with E-state index in [1.807, 2.05) is 12.3 Å². The molecule has 1 atom stereocenters. The van der Waals surface area contributed by atoms with Gasteiger partial charge >= 0.3 is 0 Å². The van der Waals surface area contributed by atoms with Crippen LogP contribution in [0.2, 0.25) is 0 Å². The molecule has 0 radical (unpaired) electrons. The fourth-order valence-corrected chi connectivity index (χ4v) is 2.94. The molecule has 0 amide bonds. The predicted octanol–water partition coefficient (Wildman–Crippen LogP) is 4.15. The highest BCUT2D eigenvalue weighted by Gasteiger charge is 2.05. The number of aromatic nitrogens is 1. The van der Waals surface area contributed by atoms with Gasteiger partial charge in [-0.1, -0.05) is 56.5 Å². The van der Waals surface area contributed by atoms with Crippen LogP contribution in [-0.4, -0.2) is 23.6 Å². The molecule has 1 aromatic heterocycles. The van der Waals surface area contributed by atoms with E-state index in [4.69, 9.17) is 0 Å². The van der Waals surface area contributed by atoms with Gasteiger partial charge in [-0.25, -0.2) is 0 Å². The van der Waals surface area contributed by atoms with Crippen LogP contribution in [-0.2, 0) is 13.1 Å².